The molecule has 0 radical (unpaired) electrons. The van der Waals surface area contributed by atoms with Crippen LogP contribution in [0.15, 0.2) is 89.1 Å². The number of nitrogens with one attached hydrogen (secondary N) is 1. The summed E-state index contributed by atoms with van der Waals surface area (Å²) in [4.78, 5) is 22.8. The number of nitro groups is 1. The quantitative estimate of drug-likeness (QED) is 0.153. The van der Waals surface area contributed by atoms with Crippen molar-refractivity contribution in [3.05, 3.63) is 99.6 Å². The summed E-state index contributed by atoms with van der Waals surface area (Å²) in [5.41, 5.74) is 5.39. The fourth-order valence-corrected chi connectivity index (χ4v) is 4.03. The van der Waals surface area contributed by atoms with E-state index < -0.39 is 4.92 Å². The average Bonchev–Trinajstić information content (AvgIpc) is 3.31. The second-order valence-electron chi connectivity index (χ2n) is 7.31. The Hall–Kier alpha value is -4.02. The topological polar surface area (TPSA) is 115 Å². The molecule has 0 aliphatic heterocycles. The number of para-hydroxylation sites is 1. The third-order valence-electron chi connectivity index (χ3n) is 4.93. The number of carbonyl (C=O) groups excluding carboxylic acids is 1. The van der Waals surface area contributed by atoms with Crippen LogP contribution in [0.3, 0.4) is 0 Å². The summed E-state index contributed by atoms with van der Waals surface area (Å²) in [6.45, 7) is 1.71. The van der Waals surface area contributed by atoms with Crippen LogP contribution < -0.4 is 5.43 Å². The van der Waals surface area contributed by atoms with Crippen LogP contribution in [0.1, 0.15) is 12.5 Å². The van der Waals surface area contributed by atoms with E-state index in [0.29, 0.717) is 27.3 Å². The van der Waals surface area contributed by atoms with Crippen molar-refractivity contribution >= 4 is 40.7 Å². The van der Waals surface area contributed by atoms with Gasteiger partial charge in [0.2, 0.25) is 0 Å². The van der Waals surface area contributed by atoms with Crippen molar-refractivity contribution in [1.29, 1.82) is 0 Å². The molecule has 0 atom stereocenters. The van der Waals surface area contributed by atoms with E-state index in [1.807, 2.05) is 47.0 Å². The maximum absolute atomic E-state index is 12.5. The second-order valence-corrected chi connectivity index (χ2v) is 8.69. The van der Waals surface area contributed by atoms with E-state index in [2.05, 4.69) is 20.7 Å². The Balaban J connectivity index is 1.48. The number of nitrogens with zero attached hydrogens (tertiary/aromatic N) is 5. The molecule has 0 saturated carbocycles. The molecule has 0 aliphatic rings. The van der Waals surface area contributed by atoms with E-state index in [-0.39, 0.29) is 17.3 Å². The number of non-ortho nitro benzene ring substituents is 1. The summed E-state index contributed by atoms with van der Waals surface area (Å²) < 4.78 is 1.88. The number of amides is 1. The molecular formula is C24H19ClN6O3S. The number of hydrogen-bond donors (Lipinski definition) is 1. The Morgan fingerprint density at radius 3 is 2.40 bits per heavy atom. The number of aromatic nitrogens is 3. The van der Waals surface area contributed by atoms with Crippen molar-refractivity contribution in [1.82, 2.24) is 20.2 Å². The molecule has 0 bridgehead atoms. The van der Waals surface area contributed by atoms with Crippen molar-refractivity contribution in [2.75, 3.05) is 5.75 Å². The van der Waals surface area contributed by atoms with Crippen LogP contribution >= 0.6 is 23.4 Å². The molecular weight excluding hydrogens is 488 g/mol. The van der Waals surface area contributed by atoms with E-state index in [9.17, 15) is 14.9 Å². The largest absolute Gasteiger partial charge is 0.272 e. The molecule has 9 nitrogen and oxygen atoms in total. The molecule has 35 heavy (non-hydrogen) atoms. The summed E-state index contributed by atoms with van der Waals surface area (Å²) in [5, 5.41) is 24.7. The molecule has 4 aromatic rings. The van der Waals surface area contributed by atoms with E-state index in [1.54, 1.807) is 31.2 Å². The number of thioether (sulfide) groups is 1. The van der Waals surface area contributed by atoms with Gasteiger partial charge in [0, 0.05) is 28.4 Å². The number of carbonyl (C=O) groups is 1. The van der Waals surface area contributed by atoms with E-state index in [1.165, 1.54) is 23.9 Å². The van der Waals surface area contributed by atoms with Gasteiger partial charge in [-0.25, -0.2) is 5.43 Å². The Morgan fingerprint density at radius 2 is 1.74 bits per heavy atom. The highest BCUT2D eigenvalue weighted by atomic mass is 35.5. The van der Waals surface area contributed by atoms with Gasteiger partial charge in [-0.3, -0.25) is 19.5 Å². The second kappa shape index (κ2) is 10.9. The Morgan fingerprint density at radius 1 is 1.06 bits per heavy atom. The van der Waals surface area contributed by atoms with Crippen LogP contribution in [0.2, 0.25) is 5.02 Å². The molecule has 0 aliphatic carbocycles. The van der Waals surface area contributed by atoms with Crippen molar-refractivity contribution in [3.8, 4) is 17.1 Å². The third-order valence-corrected chi connectivity index (χ3v) is 6.11. The van der Waals surface area contributed by atoms with Gasteiger partial charge >= 0.3 is 0 Å². The molecule has 1 N–H and O–H groups in total. The number of nitro benzene ring substituents is 1. The number of benzene rings is 3. The lowest BCUT2D eigenvalue weighted by Crippen LogP contribution is -2.21. The number of halogens is 1. The van der Waals surface area contributed by atoms with Crippen LogP contribution in [-0.4, -0.2) is 37.1 Å². The Bertz CT molecular complexity index is 1370. The smallest absolute Gasteiger partial charge is 0.269 e. The first-order valence-electron chi connectivity index (χ1n) is 10.4. The average molecular weight is 507 g/mol. The molecule has 0 spiro atoms. The number of rotatable bonds is 8. The molecule has 11 heteroatoms. The molecule has 1 amide bonds. The minimum absolute atomic E-state index is 0.0116. The maximum atomic E-state index is 12.5. The highest BCUT2D eigenvalue weighted by molar-refractivity contribution is 7.99. The number of hydrogen-bond acceptors (Lipinski definition) is 7. The van der Waals surface area contributed by atoms with Gasteiger partial charge in [0.1, 0.15) is 0 Å². The first-order chi connectivity index (χ1) is 16.9. The summed E-state index contributed by atoms with van der Waals surface area (Å²) in [5.74, 6) is 0.359. The predicted molar refractivity (Wildman–Crippen MR) is 136 cm³/mol. The normalized spacial score (nSPS) is 11.3. The van der Waals surface area contributed by atoms with Crippen molar-refractivity contribution in [2.45, 2.75) is 12.1 Å². The lowest BCUT2D eigenvalue weighted by Gasteiger charge is -2.10. The van der Waals surface area contributed by atoms with Crippen LogP contribution in [0.25, 0.3) is 17.1 Å². The van der Waals surface area contributed by atoms with E-state index in [0.717, 1.165) is 11.3 Å². The zero-order chi connectivity index (χ0) is 24.8. The molecule has 0 unspecified atom stereocenters. The summed E-state index contributed by atoms with van der Waals surface area (Å²) in [7, 11) is 0. The summed E-state index contributed by atoms with van der Waals surface area (Å²) in [6.07, 6.45) is 0. The molecule has 176 valence electrons. The SMILES string of the molecule is C/C(=N/NC(=O)CSc1nnc(-c2ccc(Cl)cc2)n1-c1ccccc1)c1ccc([N+](=O)[O-])cc1. The van der Waals surface area contributed by atoms with Gasteiger partial charge in [-0.05, 0) is 61.0 Å². The highest BCUT2D eigenvalue weighted by Gasteiger charge is 2.17. The van der Waals surface area contributed by atoms with Crippen molar-refractivity contribution in [3.63, 3.8) is 0 Å². The van der Waals surface area contributed by atoms with Gasteiger partial charge in [0.15, 0.2) is 11.0 Å². The summed E-state index contributed by atoms with van der Waals surface area (Å²) >= 11 is 7.26. The maximum Gasteiger partial charge on any atom is 0.269 e. The molecule has 0 fully saturated rings. The molecule has 0 saturated heterocycles. The first kappa shape index (κ1) is 24.1. The van der Waals surface area contributed by atoms with Gasteiger partial charge in [0.05, 0.1) is 16.4 Å². The first-order valence-corrected chi connectivity index (χ1v) is 11.8. The molecule has 1 aromatic heterocycles. The fourth-order valence-electron chi connectivity index (χ4n) is 3.16. The minimum Gasteiger partial charge on any atom is -0.272 e. The molecule has 1 heterocycles. The highest BCUT2D eigenvalue weighted by Crippen LogP contribution is 2.28. The van der Waals surface area contributed by atoms with E-state index in [4.69, 9.17) is 11.6 Å². The van der Waals surface area contributed by atoms with Crippen molar-refractivity contribution < 1.29 is 9.72 Å². The van der Waals surface area contributed by atoms with Gasteiger partial charge in [-0.1, -0.05) is 41.6 Å². The van der Waals surface area contributed by atoms with Gasteiger partial charge in [-0.15, -0.1) is 10.2 Å². The van der Waals surface area contributed by atoms with Crippen LogP contribution in [0.5, 0.6) is 0 Å². The van der Waals surface area contributed by atoms with Gasteiger partial charge < -0.3 is 0 Å². The fraction of sp³-hybridized carbons (Fsp3) is 0.0833. The Labute approximate surface area is 210 Å². The predicted octanol–water partition coefficient (Wildman–Crippen LogP) is 5.13. The van der Waals surface area contributed by atoms with Crippen LogP contribution in [0.4, 0.5) is 5.69 Å². The zero-order valence-electron chi connectivity index (χ0n) is 18.5. The van der Waals surface area contributed by atoms with Crippen molar-refractivity contribution in [2.24, 2.45) is 5.10 Å². The van der Waals surface area contributed by atoms with Crippen LogP contribution in [-0.2, 0) is 4.79 Å². The van der Waals surface area contributed by atoms with Crippen LogP contribution in [0, 0.1) is 10.1 Å². The lowest BCUT2D eigenvalue weighted by molar-refractivity contribution is -0.384. The summed E-state index contributed by atoms with van der Waals surface area (Å²) in [6, 6.07) is 22.9. The molecule has 4 rings (SSSR count). The van der Waals surface area contributed by atoms with E-state index >= 15 is 0 Å². The third kappa shape index (κ3) is 5.92. The monoisotopic (exact) mass is 506 g/mol. The number of hydrazone groups is 1. The minimum atomic E-state index is -0.470. The lowest BCUT2D eigenvalue weighted by atomic mass is 10.1. The zero-order valence-corrected chi connectivity index (χ0v) is 20.0. The standard InChI is InChI=1S/C24H19ClN6O3S/c1-16(17-9-13-21(14-10-17)31(33)34)26-27-22(32)15-35-24-29-28-23(18-7-11-19(25)12-8-18)30(24)20-5-3-2-4-6-20/h2-14H,15H2,1H3,(H,27,32)/b26-16-. The van der Waals surface area contributed by atoms with Gasteiger partial charge in [-0.2, -0.15) is 5.10 Å². The Kier molecular flexibility index (Phi) is 7.54. The van der Waals surface area contributed by atoms with Gasteiger partial charge in [0.25, 0.3) is 11.6 Å². The molecule has 3 aromatic carbocycles.